The van der Waals surface area contributed by atoms with Gasteiger partial charge in [-0.05, 0) is 12.1 Å². The third kappa shape index (κ3) is 3.15. The summed E-state index contributed by atoms with van der Waals surface area (Å²) in [6.45, 7) is -0.0767. The second kappa shape index (κ2) is 5.84. The molecule has 116 valence electrons. The molecule has 0 aliphatic heterocycles. The number of halogens is 1. The smallest absolute Gasteiger partial charge is 0.257 e. The van der Waals surface area contributed by atoms with Gasteiger partial charge in [0.2, 0.25) is 5.91 Å². The molecule has 0 fully saturated rings. The Bertz CT molecular complexity index is 906. The van der Waals surface area contributed by atoms with Crippen LogP contribution in [0, 0.1) is 5.82 Å². The Hall–Kier alpha value is -3.29. The number of benzene rings is 1. The molecule has 2 amide bonds. The van der Waals surface area contributed by atoms with Crippen LogP contribution in [0.3, 0.4) is 0 Å². The lowest BCUT2D eigenvalue weighted by Gasteiger charge is -2.04. The van der Waals surface area contributed by atoms with Gasteiger partial charge in [-0.3, -0.25) is 19.3 Å². The largest absolute Gasteiger partial charge is 0.368 e. The van der Waals surface area contributed by atoms with Crippen LogP contribution in [0.15, 0.2) is 42.9 Å². The van der Waals surface area contributed by atoms with Crippen molar-refractivity contribution in [2.45, 2.75) is 6.54 Å². The zero-order valence-electron chi connectivity index (χ0n) is 11.9. The molecule has 0 atom stereocenters. The maximum absolute atomic E-state index is 13.6. The van der Waals surface area contributed by atoms with Crippen LogP contribution in [0.4, 0.5) is 10.1 Å². The molecule has 0 unspecified atom stereocenters. The molecule has 3 N–H and O–H groups in total. The van der Waals surface area contributed by atoms with Gasteiger partial charge in [0.25, 0.3) is 5.91 Å². The van der Waals surface area contributed by atoms with Crippen molar-refractivity contribution in [3.63, 3.8) is 0 Å². The van der Waals surface area contributed by atoms with Gasteiger partial charge in [0.05, 0.1) is 17.4 Å². The second-order valence-corrected chi connectivity index (χ2v) is 4.88. The molecule has 0 radical (unpaired) electrons. The summed E-state index contributed by atoms with van der Waals surface area (Å²) in [5.74, 6) is -1.39. The predicted molar refractivity (Wildman–Crippen MR) is 81.1 cm³/mol. The van der Waals surface area contributed by atoms with Gasteiger partial charge in [0.1, 0.15) is 17.9 Å². The second-order valence-electron chi connectivity index (χ2n) is 4.88. The Morgan fingerprint density at radius 1 is 1.30 bits per heavy atom. The minimum absolute atomic E-state index is 0.0767. The Morgan fingerprint density at radius 3 is 2.91 bits per heavy atom. The monoisotopic (exact) mass is 313 g/mol. The Morgan fingerprint density at radius 2 is 2.13 bits per heavy atom. The molecule has 0 bridgehead atoms. The molecule has 0 spiro atoms. The summed E-state index contributed by atoms with van der Waals surface area (Å²) in [5, 5.41) is 7.05. The van der Waals surface area contributed by atoms with Gasteiger partial charge >= 0.3 is 0 Å². The highest BCUT2D eigenvalue weighted by Crippen LogP contribution is 2.17. The van der Waals surface area contributed by atoms with Crippen molar-refractivity contribution in [2.75, 3.05) is 5.32 Å². The molecule has 23 heavy (non-hydrogen) atoms. The predicted octanol–water partition coefficient (Wildman–Crippen LogP) is 1.31. The van der Waals surface area contributed by atoms with Crippen LogP contribution in [0.1, 0.15) is 10.4 Å². The highest BCUT2D eigenvalue weighted by atomic mass is 19.1. The van der Waals surface area contributed by atoms with E-state index in [0.29, 0.717) is 11.1 Å². The van der Waals surface area contributed by atoms with Gasteiger partial charge in [-0.2, -0.15) is 5.10 Å². The van der Waals surface area contributed by atoms with Crippen LogP contribution in [0.25, 0.3) is 10.9 Å². The van der Waals surface area contributed by atoms with E-state index in [0.717, 1.165) is 0 Å². The van der Waals surface area contributed by atoms with Crippen LogP contribution >= 0.6 is 0 Å². The first-order valence-electron chi connectivity index (χ1n) is 6.69. The summed E-state index contributed by atoms with van der Waals surface area (Å²) >= 11 is 0. The van der Waals surface area contributed by atoms with Crippen LogP contribution in [0.2, 0.25) is 0 Å². The molecule has 0 saturated heterocycles. The molecule has 2 heterocycles. The first-order chi connectivity index (χ1) is 11.0. The van der Waals surface area contributed by atoms with Crippen molar-refractivity contribution in [2.24, 2.45) is 5.73 Å². The van der Waals surface area contributed by atoms with Crippen molar-refractivity contribution in [3.8, 4) is 0 Å². The average Bonchev–Trinajstić information content (AvgIpc) is 2.93. The molecule has 2 aromatic heterocycles. The Labute approximate surface area is 129 Å². The summed E-state index contributed by atoms with van der Waals surface area (Å²) in [6, 6.07) is 6.08. The Balaban J connectivity index is 1.80. The first kappa shape index (κ1) is 14.6. The number of hydrogen-bond donors (Lipinski definition) is 2. The number of anilines is 1. The van der Waals surface area contributed by atoms with Crippen molar-refractivity contribution in [1.29, 1.82) is 0 Å². The zero-order chi connectivity index (χ0) is 16.4. The van der Waals surface area contributed by atoms with Crippen LogP contribution in [0.5, 0.6) is 0 Å². The van der Waals surface area contributed by atoms with Crippen LogP contribution < -0.4 is 11.1 Å². The van der Waals surface area contributed by atoms with E-state index in [9.17, 15) is 14.0 Å². The fourth-order valence-electron chi connectivity index (χ4n) is 2.13. The van der Waals surface area contributed by atoms with Gasteiger partial charge in [0, 0.05) is 17.8 Å². The van der Waals surface area contributed by atoms with Crippen molar-refractivity contribution >= 4 is 28.4 Å². The summed E-state index contributed by atoms with van der Waals surface area (Å²) in [6.07, 6.45) is 4.18. The highest BCUT2D eigenvalue weighted by Gasteiger charge is 2.11. The minimum Gasteiger partial charge on any atom is -0.368 e. The molecular weight excluding hydrogens is 301 g/mol. The number of primary amides is 1. The number of amides is 2. The van der Waals surface area contributed by atoms with Crippen molar-refractivity contribution in [3.05, 3.63) is 54.2 Å². The van der Waals surface area contributed by atoms with E-state index < -0.39 is 17.6 Å². The van der Waals surface area contributed by atoms with E-state index in [-0.39, 0.29) is 17.6 Å². The average molecular weight is 313 g/mol. The van der Waals surface area contributed by atoms with Gasteiger partial charge in [-0.1, -0.05) is 12.1 Å². The first-order valence-corrected chi connectivity index (χ1v) is 6.69. The van der Waals surface area contributed by atoms with Crippen LogP contribution in [-0.2, 0) is 11.3 Å². The zero-order valence-corrected chi connectivity index (χ0v) is 11.9. The van der Waals surface area contributed by atoms with Crippen molar-refractivity contribution in [1.82, 2.24) is 14.8 Å². The van der Waals surface area contributed by atoms with E-state index in [1.165, 1.54) is 29.3 Å². The summed E-state index contributed by atoms with van der Waals surface area (Å²) < 4.78 is 14.9. The third-order valence-corrected chi connectivity index (χ3v) is 3.13. The van der Waals surface area contributed by atoms with E-state index in [4.69, 9.17) is 5.73 Å². The summed E-state index contributed by atoms with van der Waals surface area (Å²) in [4.78, 5) is 27.0. The normalized spacial score (nSPS) is 10.7. The number of carbonyl (C=O) groups is 2. The van der Waals surface area contributed by atoms with E-state index in [1.807, 2.05) is 0 Å². The summed E-state index contributed by atoms with van der Waals surface area (Å²) in [7, 11) is 0. The highest BCUT2D eigenvalue weighted by molar-refractivity contribution is 6.05. The van der Waals surface area contributed by atoms with Gasteiger partial charge in [-0.25, -0.2) is 4.39 Å². The third-order valence-electron chi connectivity index (χ3n) is 3.13. The standard InChI is InChI=1S/C15H12FN5O2/c16-12-3-1-2-9-4-10(5-18-14(9)12)15(23)20-11-6-19-21(7-11)8-13(17)22/h1-7H,8H2,(H2,17,22)(H,20,23). The number of para-hydroxylation sites is 1. The lowest BCUT2D eigenvalue weighted by molar-refractivity contribution is -0.118. The fourth-order valence-corrected chi connectivity index (χ4v) is 2.13. The number of aromatic nitrogens is 3. The number of nitrogens with zero attached hydrogens (tertiary/aromatic N) is 3. The fraction of sp³-hybridized carbons (Fsp3) is 0.0667. The maximum Gasteiger partial charge on any atom is 0.257 e. The molecule has 0 aliphatic carbocycles. The quantitative estimate of drug-likeness (QED) is 0.758. The SMILES string of the molecule is NC(=O)Cn1cc(NC(=O)c2cnc3c(F)cccc3c2)cn1. The number of hydrogen-bond acceptors (Lipinski definition) is 4. The molecule has 8 heteroatoms. The molecule has 0 aliphatic rings. The number of rotatable bonds is 4. The topological polar surface area (TPSA) is 103 Å². The van der Waals surface area contributed by atoms with E-state index in [1.54, 1.807) is 18.2 Å². The van der Waals surface area contributed by atoms with Gasteiger partial charge in [-0.15, -0.1) is 0 Å². The molecular formula is C15H12FN5O2. The number of fused-ring (bicyclic) bond motifs is 1. The lowest BCUT2D eigenvalue weighted by atomic mass is 10.1. The van der Waals surface area contributed by atoms with Crippen LogP contribution in [-0.4, -0.2) is 26.6 Å². The molecule has 0 saturated carbocycles. The van der Waals surface area contributed by atoms with Gasteiger partial charge < -0.3 is 11.1 Å². The molecule has 3 rings (SSSR count). The minimum atomic E-state index is -0.535. The number of carbonyl (C=O) groups excluding carboxylic acids is 2. The summed E-state index contributed by atoms with van der Waals surface area (Å²) in [5.41, 5.74) is 5.97. The van der Waals surface area contributed by atoms with Gasteiger partial charge in [0.15, 0.2) is 0 Å². The molecule has 7 nitrogen and oxygen atoms in total. The maximum atomic E-state index is 13.6. The number of nitrogens with one attached hydrogen (secondary N) is 1. The molecule has 3 aromatic rings. The van der Waals surface area contributed by atoms with E-state index in [2.05, 4.69) is 15.4 Å². The lowest BCUT2D eigenvalue weighted by Crippen LogP contribution is -2.18. The van der Waals surface area contributed by atoms with E-state index >= 15 is 0 Å². The molecule has 1 aromatic carbocycles. The van der Waals surface area contributed by atoms with Crippen molar-refractivity contribution < 1.29 is 14.0 Å². The number of pyridine rings is 1. The number of nitrogens with two attached hydrogens (primary N) is 1. The Kier molecular flexibility index (Phi) is 3.71.